The summed E-state index contributed by atoms with van der Waals surface area (Å²) in [5.74, 6) is -1.58. The third kappa shape index (κ3) is 3.79. The van der Waals surface area contributed by atoms with Gasteiger partial charge in [-0.1, -0.05) is 74.9 Å². The maximum Gasteiger partial charge on any atom is 0.301 e. The van der Waals surface area contributed by atoms with Crippen molar-refractivity contribution in [3.63, 3.8) is 0 Å². The van der Waals surface area contributed by atoms with E-state index in [9.17, 15) is 14.7 Å². The zero-order valence-corrected chi connectivity index (χ0v) is 18.7. The second-order valence-electron chi connectivity index (χ2n) is 8.72. The molecule has 0 radical (unpaired) electrons. The van der Waals surface area contributed by atoms with Crippen LogP contribution in [0.25, 0.3) is 5.76 Å². The Hall–Kier alpha value is -3.25. The summed E-state index contributed by atoms with van der Waals surface area (Å²) in [6.07, 6.45) is 1.60. The fourth-order valence-corrected chi connectivity index (χ4v) is 4.38. The third-order valence-corrected chi connectivity index (χ3v) is 6.26. The average molecular weight is 433 g/mol. The predicted octanol–water partition coefficient (Wildman–Crippen LogP) is 5.38. The van der Waals surface area contributed by atoms with Crippen LogP contribution in [0.15, 0.2) is 65.7 Å². The van der Waals surface area contributed by atoms with Gasteiger partial charge in [-0.2, -0.15) is 0 Å². The van der Waals surface area contributed by atoms with Crippen LogP contribution < -0.4 is 4.90 Å². The highest BCUT2D eigenvalue weighted by molar-refractivity contribution is 7.14. The molecule has 31 heavy (non-hydrogen) atoms. The van der Waals surface area contributed by atoms with Crippen LogP contribution in [0, 0.1) is 6.92 Å². The second kappa shape index (κ2) is 7.78. The van der Waals surface area contributed by atoms with Crippen molar-refractivity contribution in [2.24, 2.45) is 0 Å². The first-order chi connectivity index (χ1) is 14.7. The minimum atomic E-state index is -0.749. The first-order valence-electron chi connectivity index (χ1n) is 10.1. The van der Waals surface area contributed by atoms with E-state index in [4.69, 9.17) is 0 Å². The molecule has 4 rings (SSSR count). The number of ketones is 1. The maximum absolute atomic E-state index is 13.1. The van der Waals surface area contributed by atoms with E-state index >= 15 is 0 Å². The van der Waals surface area contributed by atoms with E-state index in [-0.39, 0.29) is 16.7 Å². The highest BCUT2D eigenvalue weighted by Gasteiger charge is 2.48. The quantitative estimate of drug-likeness (QED) is 0.343. The Morgan fingerprint density at radius 2 is 1.68 bits per heavy atom. The molecule has 1 fully saturated rings. The molecule has 3 aromatic rings. The van der Waals surface area contributed by atoms with Crippen molar-refractivity contribution in [1.29, 1.82) is 0 Å². The Kier molecular flexibility index (Phi) is 5.27. The Morgan fingerprint density at radius 1 is 1.03 bits per heavy atom. The highest BCUT2D eigenvalue weighted by Crippen LogP contribution is 2.43. The third-order valence-electron chi connectivity index (χ3n) is 5.49. The molecule has 0 aliphatic carbocycles. The SMILES string of the molecule is Cc1ccc(/C(O)=C2/C(=O)C(=O)N(c3nccs3)C2c2ccc(C(C)(C)C)cc2)cc1. The van der Waals surface area contributed by atoms with Gasteiger partial charge in [0.05, 0.1) is 11.6 Å². The van der Waals surface area contributed by atoms with Crippen molar-refractivity contribution >= 4 is 33.9 Å². The van der Waals surface area contributed by atoms with Gasteiger partial charge in [0, 0.05) is 17.1 Å². The highest BCUT2D eigenvalue weighted by atomic mass is 32.1. The molecular formula is C25H24N2O3S. The Labute approximate surface area is 185 Å². The summed E-state index contributed by atoms with van der Waals surface area (Å²) < 4.78 is 0. The van der Waals surface area contributed by atoms with Crippen molar-refractivity contribution in [2.75, 3.05) is 4.90 Å². The zero-order chi connectivity index (χ0) is 22.3. The van der Waals surface area contributed by atoms with Gasteiger partial charge >= 0.3 is 5.91 Å². The standard InChI is InChI=1S/C25H24N2O3S/c1-15-5-7-17(8-6-15)21(28)19-20(16-9-11-18(12-10-16)25(2,3)4)27(23(30)22(19)29)24-26-13-14-31-24/h5-14,20,28H,1-4H3/b21-19-. The van der Waals surface area contributed by atoms with E-state index < -0.39 is 17.7 Å². The number of aliphatic hydroxyl groups excluding tert-OH is 1. The molecule has 0 saturated carbocycles. The normalized spacial score (nSPS) is 18.6. The molecule has 0 spiro atoms. The number of benzene rings is 2. The van der Waals surface area contributed by atoms with Crippen LogP contribution in [-0.2, 0) is 15.0 Å². The number of carbonyl (C=O) groups excluding carboxylic acids is 2. The molecule has 1 saturated heterocycles. The number of amides is 1. The minimum Gasteiger partial charge on any atom is -0.507 e. The Morgan fingerprint density at radius 3 is 2.23 bits per heavy atom. The lowest BCUT2D eigenvalue weighted by atomic mass is 9.85. The number of Topliss-reactive ketones (excluding diaryl/α,β-unsaturated/α-hetero) is 1. The van der Waals surface area contributed by atoms with Gasteiger partial charge in [-0.3, -0.25) is 14.5 Å². The van der Waals surface area contributed by atoms with Gasteiger partial charge in [-0.05, 0) is 23.5 Å². The first kappa shape index (κ1) is 21.0. The summed E-state index contributed by atoms with van der Waals surface area (Å²) in [7, 11) is 0. The van der Waals surface area contributed by atoms with Crippen LogP contribution in [0.5, 0.6) is 0 Å². The number of nitrogens with zero attached hydrogens (tertiary/aromatic N) is 2. The molecule has 2 aromatic carbocycles. The summed E-state index contributed by atoms with van der Waals surface area (Å²) >= 11 is 1.28. The molecule has 2 heterocycles. The van der Waals surface area contributed by atoms with E-state index in [2.05, 4.69) is 25.8 Å². The van der Waals surface area contributed by atoms with Gasteiger partial charge < -0.3 is 5.11 Å². The summed E-state index contributed by atoms with van der Waals surface area (Å²) in [6, 6.07) is 14.3. The van der Waals surface area contributed by atoms with Crippen LogP contribution in [0.3, 0.4) is 0 Å². The van der Waals surface area contributed by atoms with Crippen molar-refractivity contribution in [2.45, 2.75) is 39.2 Å². The van der Waals surface area contributed by atoms with Crippen LogP contribution in [0.4, 0.5) is 5.13 Å². The molecule has 1 aliphatic rings. The number of anilines is 1. The first-order valence-corrected chi connectivity index (χ1v) is 10.9. The molecule has 1 atom stereocenters. The largest absolute Gasteiger partial charge is 0.507 e. The van der Waals surface area contributed by atoms with Gasteiger partial charge in [0.15, 0.2) is 5.13 Å². The fraction of sp³-hybridized carbons (Fsp3) is 0.240. The molecule has 1 N–H and O–H groups in total. The molecule has 1 unspecified atom stereocenters. The molecule has 0 bridgehead atoms. The summed E-state index contributed by atoms with van der Waals surface area (Å²) in [5.41, 5.74) is 3.47. The molecule has 1 amide bonds. The van der Waals surface area contributed by atoms with Crippen molar-refractivity contribution < 1.29 is 14.7 Å². The van der Waals surface area contributed by atoms with Crippen LogP contribution in [0.2, 0.25) is 0 Å². The molecule has 158 valence electrons. The molecule has 1 aromatic heterocycles. The van der Waals surface area contributed by atoms with E-state index in [1.165, 1.54) is 16.2 Å². The van der Waals surface area contributed by atoms with Crippen LogP contribution in [0.1, 0.15) is 49.1 Å². The average Bonchev–Trinajstić information content (AvgIpc) is 3.34. The molecule has 1 aliphatic heterocycles. The van der Waals surface area contributed by atoms with Gasteiger partial charge in [0.2, 0.25) is 0 Å². The molecule has 5 nitrogen and oxygen atoms in total. The van der Waals surface area contributed by atoms with E-state index in [0.717, 1.165) is 16.7 Å². The lowest BCUT2D eigenvalue weighted by molar-refractivity contribution is -0.132. The molecular weight excluding hydrogens is 408 g/mol. The van der Waals surface area contributed by atoms with Gasteiger partial charge in [0.1, 0.15) is 5.76 Å². The number of hydrogen-bond donors (Lipinski definition) is 1. The number of rotatable bonds is 3. The van der Waals surface area contributed by atoms with E-state index in [1.807, 2.05) is 43.3 Å². The van der Waals surface area contributed by atoms with Gasteiger partial charge in [-0.15, -0.1) is 11.3 Å². The number of hydrogen-bond acceptors (Lipinski definition) is 5. The zero-order valence-electron chi connectivity index (χ0n) is 17.9. The lowest BCUT2D eigenvalue weighted by Crippen LogP contribution is -2.29. The lowest BCUT2D eigenvalue weighted by Gasteiger charge is -2.24. The van der Waals surface area contributed by atoms with E-state index in [1.54, 1.807) is 23.7 Å². The Bertz CT molecular complexity index is 1150. The monoisotopic (exact) mass is 432 g/mol. The fourth-order valence-electron chi connectivity index (χ4n) is 3.71. The van der Waals surface area contributed by atoms with Crippen molar-refractivity contribution in [1.82, 2.24) is 4.98 Å². The van der Waals surface area contributed by atoms with Crippen molar-refractivity contribution in [3.8, 4) is 0 Å². The molecule has 6 heteroatoms. The minimum absolute atomic E-state index is 0.0302. The summed E-state index contributed by atoms with van der Waals surface area (Å²) in [4.78, 5) is 31.7. The van der Waals surface area contributed by atoms with Crippen LogP contribution >= 0.6 is 11.3 Å². The topological polar surface area (TPSA) is 70.5 Å². The summed E-state index contributed by atoms with van der Waals surface area (Å²) in [5, 5.41) is 13.3. The number of thiazole rings is 1. The number of aryl methyl sites for hydroxylation is 1. The van der Waals surface area contributed by atoms with Gasteiger partial charge in [0.25, 0.3) is 5.78 Å². The number of aromatic nitrogens is 1. The summed E-state index contributed by atoms with van der Waals surface area (Å²) in [6.45, 7) is 8.32. The van der Waals surface area contributed by atoms with Gasteiger partial charge in [-0.25, -0.2) is 4.98 Å². The smallest absolute Gasteiger partial charge is 0.301 e. The predicted molar refractivity (Wildman–Crippen MR) is 123 cm³/mol. The van der Waals surface area contributed by atoms with Crippen LogP contribution in [-0.4, -0.2) is 21.8 Å². The number of aliphatic hydroxyl groups is 1. The Balaban J connectivity index is 1.90. The second-order valence-corrected chi connectivity index (χ2v) is 9.59. The van der Waals surface area contributed by atoms with Crippen molar-refractivity contribution in [3.05, 3.63) is 87.9 Å². The van der Waals surface area contributed by atoms with E-state index in [0.29, 0.717) is 10.7 Å². The maximum atomic E-state index is 13.1. The number of carbonyl (C=O) groups is 2.